The Morgan fingerprint density at radius 3 is 2.38 bits per heavy atom. The van der Waals surface area contributed by atoms with E-state index in [4.69, 9.17) is 55.2 Å². The Morgan fingerprint density at radius 2 is 1.74 bits per heavy atom. The third-order valence-electron chi connectivity index (χ3n) is 7.55. The smallest absolute Gasteiger partial charge is 0.410 e. The number of anilines is 3. The van der Waals surface area contributed by atoms with E-state index in [1.54, 1.807) is 23.2 Å². The number of benzene rings is 1. The number of hydrogen-bond acceptors (Lipinski definition) is 8. The molecule has 1 aliphatic carbocycles. The summed E-state index contributed by atoms with van der Waals surface area (Å²) < 4.78 is 7.59. The molecule has 14 heteroatoms. The van der Waals surface area contributed by atoms with Crippen molar-refractivity contribution in [1.82, 2.24) is 24.4 Å². The molecule has 2 aliphatic rings. The van der Waals surface area contributed by atoms with Gasteiger partial charge in [0.2, 0.25) is 17.8 Å². The van der Waals surface area contributed by atoms with E-state index in [2.05, 4.69) is 15.6 Å². The summed E-state index contributed by atoms with van der Waals surface area (Å²) >= 11 is 19.1. The highest BCUT2D eigenvalue weighted by Gasteiger charge is 2.31. The van der Waals surface area contributed by atoms with E-state index in [-0.39, 0.29) is 30.0 Å². The molecular weight excluding hydrogens is 603 g/mol. The Kier molecular flexibility index (Phi) is 8.91. The molecule has 1 saturated carbocycles. The fraction of sp³-hybridized carbons (Fsp3) is 0.536. The molecule has 4 N–H and O–H groups in total. The van der Waals surface area contributed by atoms with Crippen LogP contribution < -0.4 is 16.4 Å². The maximum Gasteiger partial charge on any atom is 0.410 e. The van der Waals surface area contributed by atoms with Crippen LogP contribution in [0.5, 0.6) is 0 Å². The van der Waals surface area contributed by atoms with Crippen LogP contribution in [0.3, 0.4) is 0 Å². The molecule has 1 aliphatic heterocycles. The second-order valence-electron chi connectivity index (χ2n) is 11.9. The number of halogens is 3. The van der Waals surface area contributed by atoms with Gasteiger partial charge >= 0.3 is 6.09 Å². The number of nitrogens with two attached hydrogens (primary N) is 1. The van der Waals surface area contributed by atoms with Gasteiger partial charge in [-0.2, -0.15) is 4.98 Å². The summed E-state index contributed by atoms with van der Waals surface area (Å²) in [4.78, 5) is 40.4. The molecule has 1 atom stereocenters. The third kappa shape index (κ3) is 6.95. The Balaban J connectivity index is 1.44. The van der Waals surface area contributed by atoms with E-state index < -0.39 is 5.60 Å². The summed E-state index contributed by atoms with van der Waals surface area (Å²) in [6, 6.07) is 3.16. The van der Waals surface area contributed by atoms with Crippen LogP contribution in [0.25, 0.3) is 11.2 Å². The van der Waals surface area contributed by atoms with Gasteiger partial charge in [-0.1, -0.05) is 34.8 Å². The number of piperidine rings is 1. The highest BCUT2D eigenvalue weighted by atomic mass is 35.5. The van der Waals surface area contributed by atoms with Gasteiger partial charge in [0, 0.05) is 36.1 Å². The van der Waals surface area contributed by atoms with Crippen LogP contribution in [0.1, 0.15) is 65.3 Å². The van der Waals surface area contributed by atoms with Crippen molar-refractivity contribution in [3.63, 3.8) is 0 Å². The third-order valence-corrected chi connectivity index (χ3v) is 8.36. The molecule has 2 fully saturated rings. The van der Waals surface area contributed by atoms with Crippen LogP contribution >= 0.6 is 34.8 Å². The summed E-state index contributed by atoms with van der Waals surface area (Å²) in [6.45, 7) is 6.69. The number of carbonyl (C=O) groups is 2. The molecule has 5 rings (SSSR count). The number of amides is 2. The minimum Gasteiger partial charge on any atom is -0.444 e. The van der Waals surface area contributed by atoms with Crippen molar-refractivity contribution in [2.75, 3.05) is 23.7 Å². The number of rotatable bonds is 6. The Bertz CT molecular complexity index is 1460. The van der Waals surface area contributed by atoms with E-state index in [1.165, 1.54) is 0 Å². The van der Waals surface area contributed by atoms with Crippen molar-refractivity contribution in [2.24, 2.45) is 11.7 Å². The largest absolute Gasteiger partial charge is 0.444 e. The first-order valence-corrected chi connectivity index (χ1v) is 15.2. The van der Waals surface area contributed by atoms with Gasteiger partial charge in [-0.05, 0) is 71.4 Å². The lowest BCUT2D eigenvalue weighted by atomic mass is 9.85. The lowest BCUT2D eigenvalue weighted by molar-refractivity contribution is -0.122. The summed E-state index contributed by atoms with van der Waals surface area (Å²) in [6.07, 6.45) is 5.80. The van der Waals surface area contributed by atoms with Crippen molar-refractivity contribution < 1.29 is 14.3 Å². The van der Waals surface area contributed by atoms with Crippen LogP contribution in [0.2, 0.25) is 15.1 Å². The molecular formula is C28H35Cl3N8O3. The number of likely N-dealkylation sites (tertiary alicyclic amines) is 1. The number of aromatic nitrogens is 4. The van der Waals surface area contributed by atoms with Crippen LogP contribution in [0.4, 0.5) is 22.4 Å². The molecule has 42 heavy (non-hydrogen) atoms. The minimum absolute atomic E-state index is 0.00181. The van der Waals surface area contributed by atoms with Gasteiger partial charge in [0.1, 0.15) is 11.1 Å². The first-order chi connectivity index (χ1) is 19.9. The van der Waals surface area contributed by atoms with Crippen molar-refractivity contribution in [2.45, 2.75) is 77.0 Å². The number of carbonyl (C=O) groups excluding carboxylic acids is 2. The SMILES string of the molecule is CC(C)(C)OC(=O)N1CCCC(Nc2ncc3nc(Nc4c(Cl)cc(Cl)cc4Cl)n(C4CCC(C(N)=O)CC4)c3n2)C1. The highest BCUT2D eigenvalue weighted by Crippen LogP contribution is 2.40. The van der Waals surface area contributed by atoms with Gasteiger partial charge in [-0.3, -0.25) is 9.36 Å². The standard InChI is InChI=1S/C28H35Cl3N8O3/c1-28(2,3)42-27(41)38-10-4-5-17(14-38)34-25-33-13-21-24(37-25)39(18-8-6-15(7-9-18)23(32)40)26(35-21)36-22-19(30)11-16(29)12-20(22)31/h11-13,15,17-18H,4-10,14H2,1-3H3,(H2,32,40)(H,35,36)(H,33,34,37). The minimum atomic E-state index is -0.563. The van der Waals surface area contributed by atoms with Gasteiger partial charge < -0.3 is 26.0 Å². The average molecular weight is 638 g/mol. The van der Waals surface area contributed by atoms with Crippen LogP contribution in [-0.2, 0) is 9.53 Å². The van der Waals surface area contributed by atoms with Gasteiger partial charge in [0.25, 0.3) is 0 Å². The Labute approximate surface area is 259 Å². The molecule has 1 aromatic carbocycles. The van der Waals surface area contributed by atoms with Gasteiger partial charge in [-0.15, -0.1) is 0 Å². The van der Waals surface area contributed by atoms with E-state index in [0.717, 1.165) is 25.7 Å². The van der Waals surface area contributed by atoms with Crippen molar-refractivity contribution in [3.8, 4) is 0 Å². The lowest BCUT2D eigenvalue weighted by Gasteiger charge is -2.34. The summed E-state index contributed by atoms with van der Waals surface area (Å²) in [5.74, 6) is 0.501. The van der Waals surface area contributed by atoms with E-state index in [9.17, 15) is 9.59 Å². The molecule has 11 nitrogen and oxygen atoms in total. The number of nitrogens with one attached hydrogen (secondary N) is 2. The molecule has 1 unspecified atom stereocenters. The molecule has 3 heterocycles. The molecule has 3 aromatic rings. The summed E-state index contributed by atoms with van der Waals surface area (Å²) in [7, 11) is 0. The van der Waals surface area contributed by atoms with Crippen molar-refractivity contribution in [1.29, 1.82) is 0 Å². The van der Waals surface area contributed by atoms with Gasteiger partial charge in [0.05, 0.1) is 21.9 Å². The molecule has 226 valence electrons. The number of nitrogens with zero attached hydrogens (tertiary/aromatic N) is 5. The zero-order valence-electron chi connectivity index (χ0n) is 23.8. The van der Waals surface area contributed by atoms with E-state index >= 15 is 0 Å². The fourth-order valence-electron chi connectivity index (χ4n) is 5.56. The van der Waals surface area contributed by atoms with Crippen molar-refractivity contribution >= 4 is 75.6 Å². The maximum atomic E-state index is 12.7. The average Bonchev–Trinajstić information content (AvgIpc) is 3.27. The molecule has 1 saturated heterocycles. The first-order valence-electron chi connectivity index (χ1n) is 14.1. The number of fused-ring (bicyclic) bond motifs is 1. The topological polar surface area (TPSA) is 140 Å². The monoisotopic (exact) mass is 636 g/mol. The predicted octanol–water partition coefficient (Wildman–Crippen LogP) is 6.56. The van der Waals surface area contributed by atoms with E-state index in [1.807, 2.05) is 25.3 Å². The van der Waals surface area contributed by atoms with Crippen molar-refractivity contribution in [3.05, 3.63) is 33.4 Å². The lowest BCUT2D eigenvalue weighted by Crippen LogP contribution is -2.47. The van der Waals surface area contributed by atoms with E-state index in [0.29, 0.717) is 69.7 Å². The second-order valence-corrected chi connectivity index (χ2v) is 13.1. The highest BCUT2D eigenvalue weighted by molar-refractivity contribution is 6.41. The molecule has 2 aromatic heterocycles. The predicted molar refractivity (Wildman–Crippen MR) is 165 cm³/mol. The molecule has 0 spiro atoms. The number of ether oxygens (including phenoxy) is 1. The number of imidazole rings is 1. The second kappa shape index (κ2) is 12.3. The van der Waals surface area contributed by atoms with Crippen LogP contribution in [0.15, 0.2) is 18.3 Å². The first kappa shape index (κ1) is 30.4. The zero-order chi connectivity index (χ0) is 30.2. The summed E-state index contributed by atoms with van der Waals surface area (Å²) in [5.41, 5.74) is 6.71. The molecule has 0 bridgehead atoms. The number of primary amides is 1. The Hall–Kier alpha value is -3.02. The van der Waals surface area contributed by atoms with Gasteiger partial charge in [0.15, 0.2) is 5.65 Å². The number of hydrogen-bond donors (Lipinski definition) is 3. The molecule has 0 radical (unpaired) electrons. The quantitative estimate of drug-likeness (QED) is 0.276. The fourth-order valence-corrected chi connectivity index (χ4v) is 6.47. The normalized spacial score (nSPS) is 21.3. The van der Waals surface area contributed by atoms with Crippen LogP contribution in [-0.4, -0.2) is 61.2 Å². The zero-order valence-corrected chi connectivity index (χ0v) is 26.1. The molecule has 2 amide bonds. The summed E-state index contributed by atoms with van der Waals surface area (Å²) in [5, 5.41) is 7.81. The Morgan fingerprint density at radius 1 is 1.05 bits per heavy atom. The van der Waals surface area contributed by atoms with Crippen LogP contribution in [0, 0.1) is 5.92 Å². The van der Waals surface area contributed by atoms with Gasteiger partial charge in [-0.25, -0.2) is 14.8 Å². The maximum absolute atomic E-state index is 12.7.